The van der Waals surface area contributed by atoms with E-state index >= 15 is 0 Å². The van der Waals surface area contributed by atoms with E-state index in [1.807, 2.05) is 38.1 Å². The number of para-hydroxylation sites is 2. The zero-order valence-electron chi connectivity index (χ0n) is 13.4. The van der Waals surface area contributed by atoms with E-state index in [1.54, 1.807) is 21.0 Å². The Bertz CT molecular complexity index is 483. The zero-order valence-corrected chi connectivity index (χ0v) is 13.4. The topological polar surface area (TPSA) is 67.8 Å². The molecule has 0 saturated heterocycles. The van der Waals surface area contributed by atoms with Gasteiger partial charge in [0.25, 0.3) is 0 Å². The van der Waals surface area contributed by atoms with Crippen molar-refractivity contribution in [3.05, 3.63) is 24.3 Å². The van der Waals surface area contributed by atoms with E-state index in [4.69, 9.17) is 9.47 Å². The summed E-state index contributed by atoms with van der Waals surface area (Å²) in [5, 5.41) is 12.5. The number of nitrogens with one attached hydrogen (secondary N) is 1. The van der Waals surface area contributed by atoms with Crippen molar-refractivity contribution in [2.75, 3.05) is 20.3 Å². The van der Waals surface area contributed by atoms with Gasteiger partial charge in [-0.05, 0) is 39.8 Å². The lowest BCUT2D eigenvalue weighted by atomic mass is 9.74. The summed E-state index contributed by atoms with van der Waals surface area (Å²) >= 11 is 0. The van der Waals surface area contributed by atoms with Gasteiger partial charge in [-0.25, -0.2) is 0 Å². The van der Waals surface area contributed by atoms with Crippen LogP contribution in [-0.2, 0) is 4.79 Å². The van der Waals surface area contributed by atoms with Crippen molar-refractivity contribution in [1.29, 1.82) is 0 Å². The molecule has 1 aromatic rings. The molecule has 0 heterocycles. The van der Waals surface area contributed by atoms with E-state index in [2.05, 4.69) is 5.32 Å². The second-order valence-electron chi connectivity index (χ2n) is 5.98. The first-order valence-corrected chi connectivity index (χ1v) is 6.96. The van der Waals surface area contributed by atoms with E-state index < -0.39 is 16.9 Å². The van der Waals surface area contributed by atoms with Crippen molar-refractivity contribution in [3.63, 3.8) is 0 Å². The summed E-state index contributed by atoms with van der Waals surface area (Å²) in [7, 11) is 1.60. The van der Waals surface area contributed by atoms with Gasteiger partial charge in [0.2, 0.25) is 0 Å². The molecule has 0 aromatic heterocycles. The molecule has 2 N–H and O–H groups in total. The van der Waals surface area contributed by atoms with Gasteiger partial charge in [0.05, 0.1) is 12.5 Å². The predicted octanol–water partition coefficient (Wildman–Crippen LogP) is 2.55. The fourth-order valence-electron chi connectivity index (χ4n) is 1.75. The highest BCUT2D eigenvalue weighted by Crippen LogP contribution is 2.30. The maximum absolute atomic E-state index is 11.3. The van der Waals surface area contributed by atoms with Crippen LogP contribution in [0.15, 0.2) is 24.3 Å². The molecule has 0 bridgehead atoms. The molecule has 0 amide bonds. The minimum Gasteiger partial charge on any atom is -0.493 e. The second kappa shape index (κ2) is 6.80. The van der Waals surface area contributed by atoms with Gasteiger partial charge in [0.15, 0.2) is 11.5 Å². The molecule has 0 spiro atoms. The number of rotatable bonds is 8. The summed E-state index contributed by atoms with van der Waals surface area (Å²) in [5.74, 6) is 0.533. The van der Waals surface area contributed by atoms with Crippen molar-refractivity contribution in [2.45, 2.75) is 33.2 Å². The molecule has 1 rings (SSSR count). The monoisotopic (exact) mass is 295 g/mol. The number of methoxy groups -OCH3 is 1. The Labute approximate surface area is 126 Å². The standard InChI is InChI=1S/C16H25NO4/c1-15(2,14(18)19)16(3,4)17-10-11-21-13-9-7-6-8-12(13)20-5/h6-9,17H,10-11H2,1-5H3,(H,18,19). The summed E-state index contributed by atoms with van der Waals surface area (Å²) in [6.45, 7) is 8.16. The maximum atomic E-state index is 11.3. The van der Waals surface area contributed by atoms with Crippen molar-refractivity contribution in [1.82, 2.24) is 5.32 Å². The Morgan fingerprint density at radius 3 is 2.29 bits per heavy atom. The fourth-order valence-corrected chi connectivity index (χ4v) is 1.75. The first kappa shape index (κ1) is 17.3. The van der Waals surface area contributed by atoms with Crippen LogP contribution in [0.4, 0.5) is 0 Å². The van der Waals surface area contributed by atoms with E-state index in [-0.39, 0.29) is 0 Å². The van der Waals surface area contributed by atoms with Crippen molar-refractivity contribution < 1.29 is 19.4 Å². The molecular formula is C16H25NO4. The maximum Gasteiger partial charge on any atom is 0.310 e. The van der Waals surface area contributed by atoms with Crippen LogP contribution in [0.25, 0.3) is 0 Å². The zero-order chi connectivity index (χ0) is 16.1. The lowest BCUT2D eigenvalue weighted by molar-refractivity contribution is -0.151. The smallest absolute Gasteiger partial charge is 0.310 e. The highest BCUT2D eigenvalue weighted by molar-refractivity contribution is 5.75. The molecule has 1 aromatic carbocycles. The largest absolute Gasteiger partial charge is 0.493 e. The third-order valence-electron chi connectivity index (χ3n) is 4.09. The number of benzene rings is 1. The Hall–Kier alpha value is -1.75. The van der Waals surface area contributed by atoms with Crippen LogP contribution in [0.5, 0.6) is 11.5 Å². The molecule has 0 radical (unpaired) electrons. The second-order valence-corrected chi connectivity index (χ2v) is 5.98. The molecule has 0 aliphatic carbocycles. The van der Waals surface area contributed by atoms with Gasteiger partial charge < -0.3 is 19.9 Å². The summed E-state index contributed by atoms with van der Waals surface area (Å²) in [6, 6.07) is 7.43. The van der Waals surface area contributed by atoms with Gasteiger partial charge >= 0.3 is 5.97 Å². The summed E-state index contributed by atoms with van der Waals surface area (Å²) in [4.78, 5) is 11.3. The third-order valence-corrected chi connectivity index (χ3v) is 4.09. The lowest BCUT2D eigenvalue weighted by Crippen LogP contribution is -2.55. The van der Waals surface area contributed by atoms with Crippen LogP contribution in [0.3, 0.4) is 0 Å². The van der Waals surface area contributed by atoms with Crippen LogP contribution >= 0.6 is 0 Å². The van der Waals surface area contributed by atoms with Crippen LogP contribution in [0.1, 0.15) is 27.7 Å². The SMILES string of the molecule is COc1ccccc1OCCNC(C)(C)C(C)(C)C(=O)O. The van der Waals surface area contributed by atoms with Gasteiger partial charge in [-0.15, -0.1) is 0 Å². The molecule has 21 heavy (non-hydrogen) atoms. The minimum atomic E-state index is -0.878. The summed E-state index contributed by atoms with van der Waals surface area (Å²) in [6.07, 6.45) is 0. The molecule has 0 atom stereocenters. The number of carbonyl (C=O) groups is 1. The number of aliphatic carboxylic acids is 1. The average molecular weight is 295 g/mol. The predicted molar refractivity (Wildman–Crippen MR) is 82.0 cm³/mol. The Kier molecular flexibility index (Phi) is 5.61. The molecule has 0 unspecified atom stereocenters. The number of hydrogen-bond acceptors (Lipinski definition) is 4. The van der Waals surface area contributed by atoms with Crippen LogP contribution in [0.2, 0.25) is 0 Å². The molecule has 0 aliphatic heterocycles. The quantitative estimate of drug-likeness (QED) is 0.721. The van der Waals surface area contributed by atoms with E-state index in [0.29, 0.717) is 24.7 Å². The van der Waals surface area contributed by atoms with Crippen molar-refractivity contribution >= 4 is 5.97 Å². The Balaban J connectivity index is 2.52. The lowest BCUT2D eigenvalue weighted by Gasteiger charge is -2.39. The van der Waals surface area contributed by atoms with Gasteiger partial charge in [0.1, 0.15) is 6.61 Å². The first-order valence-electron chi connectivity index (χ1n) is 6.96. The van der Waals surface area contributed by atoms with Crippen LogP contribution < -0.4 is 14.8 Å². The van der Waals surface area contributed by atoms with Gasteiger partial charge in [-0.3, -0.25) is 4.79 Å². The molecular weight excluding hydrogens is 270 g/mol. The van der Waals surface area contributed by atoms with Crippen molar-refractivity contribution in [2.24, 2.45) is 5.41 Å². The van der Waals surface area contributed by atoms with Crippen LogP contribution in [0, 0.1) is 5.41 Å². The normalized spacial score (nSPS) is 12.0. The molecule has 0 aliphatic rings. The highest BCUT2D eigenvalue weighted by Gasteiger charge is 2.42. The molecule has 0 saturated carbocycles. The van der Waals surface area contributed by atoms with Crippen molar-refractivity contribution in [3.8, 4) is 11.5 Å². The number of hydrogen-bond donors (Lipinski definition) is 2. The number of ether oxygens (including phenoxy) is 2. The minimum absolute atomic E-state index is 0.430. The molecule has 5 nitrogen and oxygen atoms in total. The highest BCUT2D eigenvalue weighted by atomic mass is 16.5. The van der Waals surface area contributed by atoms with E-state index in [1.165, 1.54) is 0 Å². The molecule has 5 heteroatoms. The summed E-state index contributed by atoms with van der Waals surface area (Å²) < 4.78 is 10.9. The Morgan fingerprint density at radius 1 is 1.19 bits per heavy atom. The molecule has 0 fully saturated rings. The average Bonchev–Trinajstić information content (AvgIpc) is 2.43. The van der Waals surface area contributed by atoms with Gasteiger partial charge in [-0.1, -0.05) is 12.1 Å². The van der Waals surface area contributed by atoms with Gasteiger partial charge in [-0.2, -0.15) is 0 Å². The number of carboxylic acids is 1. The number of carboxylic acid groups (broad SMARTS) is 1. The first-order chi connectivity index (χ1) is 9.72. The fraction of sp³-hybridized carbons (Fsp3) is 0.562. The van der Waals surface area contributed by atoms with Gasteiger partial charge in [0, 0.05) is 12.1 Å². The van der Waals surface area contributed by atoms with E-state index in [0.717, 1.165) is 0 Å². The van der Waals surface area contributed by atoms with E-state index in [9.17, 15) is 9.90 Å². The third kappa shape index (κ3) is 4.11. The summed E-state index contributed by atoms with van der Waals surface area (Å²) in [5.41, 5.74) is -1.43. The Morgan fingerprint density at radius 2 is 1.76 bits per heavy atom. The van der Waals surface area contributed by atoms with Crippen LogP contribution in [-0.4, -0.2) is 36.9 Å². The molecule has 118 valence electrons.